The molecular formula is C23H23N3O6S. The highest BCUT2D eigenvalue weighted by Crippen LogP contribution is 2.21. The number of hydrogen-bond donors (Lipinski definition) is 1. The van der Waals surface area contributed by atoms with Crippen molar-refractivity contribution < 1.29 is 27.5 Å². The van der Waals surface area contributed by atoms with Gasteiger partial charge >= 0.3 is 5.97 Å². The monoisotopic (exact) mass is 469 g/mol. The van der Waals surface area contributed by atoms with E-state index in [1.54, 1.807) is 6.07 Å². The number of nitriles is 1. The number of rotatable bonds is 8. The maximum atomic E-state index is 12.9. The molecule has 0 saturated carbocycles. The second kappa shape index (κ2) is 10.7. The zero-order valence-corrected chi connectivity index (χ0v) is 18.6. The lowest BCUT2D eigenvalue weighted by Gasteiger charge is -2.28. The van der Waals surface area contributed by atoms with Crippen LogP contribution in [0, 0.1) is 11.3 Å². The van der Waals surface area contributed by atoms with Crippen molar-refractivity contribution in [1.82, 2.24) is 4.90 Å². The number of anilines is 1. The largest absolute Gasteiger partial charge is 0.452 e. The number of esters is 1. The Morgan fingerprint density at radius 1 is 1.09 bits per heavy atom. The molecule has 172 valence electrons. The number of ether oxygens (including phenoxy) is 1. The molecule has 0 bridgehead atoms. The van der Waals surface area contributed by atoms with Gasteiger partial charge in [0, 0.05) is 18.3 Å². The van der Waals surface area contributed by atoms with Crippen molar-refractivity contribution in [2.75, 3.05) is 23.4 Å². The van der Waals surface area contributed by atoms with E-state index in [1.165, 1.54) is 29.2 Å². The van der Waals surface area contributed by atoms with Crippen LogP contribution in [0.3, 0.4) is 0 Å². The summed E-state index contributed by atoms with van der Waals surface area (Å²) < 4.78 is 29.0. The smallest absolute Gasteiger partial charge is 0.338 e. The Labute approximate surface area is 191 Å². The van der Waals surface area contributed by atoms with Gasteiger partial charge < -0.3 is 15.0 Å². The SMILES string of the molecule is N#CCC(=O)Nc1ccc(C(=O)OCC(=O)N(Cc2ccccc2)[C@@H]2CCS(=O)(=O)C2)cc1. The van der Waals surface area contributed by atoms with Crippen molar-refractivity contribution in [3.8, 4) is 6.07 Å². The number of carbonyl (C=O) groups excluding carboxylic acids is 3. The second-order valence-electron chi connectivity index (χ2n) is 7.60. The Morgan fingerprint density at radius 2 is 1.79 bits per heavy atom. The molecule has 0 radical (unpaired) electrons. The van der Waals surface area contributed by atoms with Crippen molar-refractivity contribution in [3.63, 3.8) is 0 Å². The van der Waals surface area contributed by atoms with Crippen LogP contribution >= 0.6 is 0 Å². The molecule has 9 nitrogen and oxygen atoms in total. The van der Waals surface area contributed by atoms with Crippen LogP contribution < -0.4 is 5.32 Å². The number of nitrogens with zero attached hydrogens (tertiary/aromatic N) is 2. The van der Waals surface area contributed by atoms with Gasteiger partial charge in [0.1, 0.15) is 6.42 Å². The minimum Gasteiger partial charge on any atom is -0.452 e. The molecule has 1 heterocycles. The summed E-state index contributed by atoms with van der Waals surface area (Å²) in [4.78, 5) is 38.2. The van der Waals surface area contributed by atoms with Crippen LogP contribution in [-0.2, 0) is 30.7 Å². The van der Waals surface area contributed by atoms with E-state index in [-0.39, 0.29) is 30.0 Å². The highest BCUT2D eigenvalue weighted by atomic mass is 32.2. The highest BCUT2D eigenvalue weighted by molar-refractivity contribution is 7.91. The molecule has 1 saturated heterocycles. The van der Waals surface area contributed by atoms with E-state index in [1.807, 2.05) is 30.3 Å². The molecule has 1 aliphatic heterocycles. The van der Waals surface area contributed by atoms with Gasteiger partial charge in [-0.1, -0.05) is 30.3 Å². The van der Waals surface area contributed by atoms with Crippen LogP contribution in [0.2, 0.25) is 0 Å². The molecule has 2 aromatic carbocycles. The second-order valence-corrected chi connectivity index (χ2v) is 9.83. The Kier molecular flexibility index (Phi) is 7.79. The van der Waals surface area contributed by atoms with Crippen LogP contribution in [0.25, 0.3) is 0 Å². The summed E-state index contributed by atoms with van der Waals surface area (Å²) in [6, 6.07) is 16.3. The third kappa shape index (κ3) is 6.89. The van der Waals surface area contributed by atoms with E-state index in [0.29, 0.717) is 12.1 Å². The summed E-state index contributed by atoms with van der Waals surface area (Å²) in [5.41, 5.74) is 1.44. The molecule has 10 heteroatoms. The minimum absolute atomic E-state index is 0.0211. The van der Waals surface area contributed by atoms with Gasteiger partial charge in [0.15, 0.2) is 16.4 Å². The fourth-order valence-electron chi connectivity index (χ4n) is 3.48. The average molecular weight is 470 g/mol. The third-order valence-electron chi connectivity index (χ3n) is 5.14. The van der Waals surface area contributed by atoms with E-state index in [9.17, 15) is 22.8 Å². The van der Waals surface area contributed by atoms with Crippen LogP contribution in [-0.4, -0.2) is 55.3 Å². The van der Waals surface area contributed by atoms with Crippen molar-refractivity contribution in [2.24, 2.45) is 0 Å². The zero-order valence-electron chi connectivity index (χ0n) is 17.8. The molecule has 2 amide bonds. The van der Waals surface area contributed by atoms with Gasteiger partial charge in [0.05, 0.1) is 23.1 Å². The zero-order chi connectivity index (χ0) is 23.8. The van der Waals surface area contributed by atoms with E-state index in [2.05, 4.69) is 5.32 Å². The fraction of sp³-hybridized carbons (Fsp3) is 0.304. The van der Waals surface area contributed by atoms with Gasteiger partial charge in [-0.15, -0.1) is 0 Å². The van der Waals surface area contributed by atoms with Crippen LogP contribution in [0.1, 0.15) is 28.8 Å². The lowest BCUT2D eigenvalue weighted by molar-refractivity contribution is -0.137. The van der Waals surface area contributed by atoms with Crippen molar-refractivity contribution in [2.45, 2.75) is 25.4 Å². The minimum atomic E-state index is -3.21. The third-order valence-corrected chi connectivity index (χ3v) is 6.89. The Morgan fingerprint density at radius 3 is 2.39 bits per heavy atom. The summed E-state index contributed by atoms with van der Waals surface area (Å²) in [5, 5.41) is 11.0. The van der Waals surface area contributed by atoms with Crippen LogP contribution in [0.5, 0.6) is 0 Å². The van der Waals surface area contributed by atoms with Gasteiger partial charge in [-0.05, 0) is 36.2 Å². The summed E-state index contributed by atoms with van der Waals surface area (Å²) in [5.74, 6) is -1.76. The van der Waals surface area contributed by atoms with Crippen molar-refractivity contribution in [1.29, 1.82) is 5.26 Å². The highest BCUT2D eigenvalue weighted by Gasteiger charge is 2.35. The molecule has 0 aromatic heterocycles. The first-order valence-corrected chi connectivity index (χ1v) is 12.1. The molecule has 33 heavy (non-hydrogen) atoms. The number of carbonyl (C=O) groups is 3. The quantitative estimate of drug-likeness (QED) is 0.584. The lowest BCUT2D eigenvalue weighted by atomic mass is 10.1. The van der Waals surface area contributed by atoms with Crippen LogP contribution in [0.4, 0.5) is 5.69 Å². The maximum absolute atomic E-state index is 12.9. The molecular weight excluding hydrogens is 446 g/mol. The van der Waals surface area contributed by atoms with Gasteiger partial charge in [-0.3, -0.25) is 9.59 Å². The number of hydrogen-bond acceptors (Lipinski definition) is 7. The topological polar surface area (TPSA) is 134 Å². The van der Waals surface area contributed by atoms with Gasteiger partial charge in [0.2, 0.25) is 5.91 Å². The number of amides is 2. The Bertz CT molecular complexity index is 1160. The molecule has 3 rings (SSSR count). The van der Waals surface area contributed by atoms with Gasteiger partial charge in [-0.25, -0.2) is 13.2 Å². The Balaban J connectivity index is 1.62. The number of benzene rings is 2. The Hall–Kier alpha value is -3.71. The first-order chi connectivity index (χ1) is 15.8. The van der Waals surface area contributed by atoms with E-state index in [0.717, 1.165) is 5.56 Å². The number of nitrogens with one attached hydrogen (secondary N) is 1. The first kappa shape index (κ1) is 23.9. The van der Waals surface area contributed by atoms with Crippen molar-refractivity contribution in [3.05, 3.63) is 65.7 Å². The van der Waals surface area contributed by atoms with Gasteiger partial charge in [-0.2, -0.15) is 5.26 Å². The predicted octanol–water partition coefficient (Wildman–Crippen LogP) is 1.91. The molecule has 0 spiro atoms. The molecule has 1 atom stereocenters. The van der Waals surface area contributed by atoms with E-state index < -0.39 is 40.3 Å². The van der Waals surface area contributed by atoms with E-state index >= 15 is 0 Å². The average Bonchev–Trinajstić information content (AvgIpc) is 3.16. The van der Waals surface area contributed by atoms with Crippen molar-refractivity contribution >= 4 is 33.3 Å². The molecule has 0 unspecified atom stereocenters. The summed E-state index contributed by atoms with van der Waals surface area (Å²) >= 11 is 0. The summed E-state index contributed by atoms with van der Waals surface area (Å²) in [6.45, 7) is -0.308. The maximum Gasteiger partial charge on any atom is 0.338 e. The first-order valence-electron chi connectivity index (χ1n) is 10.3. The molecule has 1 N–H and O–H groups in total. The predicted molar refractivity (Wildman–Crippen MR) is 120 cm³/mol. The van der Waals surface area contributed by atoms with E-state index in [4.69, 9.17) is 10.00 Å². The number of sulfone groups is 1. The standard InChI is InChI=1S/C23H23N3O6S/c24-12-10-21(27)25-19-8-6-18(7-9-19)23(29)32-15-22(28)26(14-17-4-2-1-3-5-17)20-11-13-33(30,31)16-20/h1-9,20H,10-11,13-16H2,(H,25,27)/t20-/m1/s1. The normalized spacial score (nSPS) is 16.4. The molecule has 1 fully saturated rings. The lowest BCUT2D eigenvalue weighted by Crippen LogP contribution is -2.42. The van der Waals surface area contributed by atoms with Gasteiger partial charge in [0.25, 0.3) is 5.91 Å². The summed E-state index contributed by atoms with van der Waals surface area (Å²) in [7, 11) is -3.21. The summed E-state index contributed by atoms with van der Waals surface area (Å²) in [6.07, 6.45) is 0.0571. The molecule has 2 aromatic rings. The molecule has 0 aliphatic carbocycles. The molecule has 1 aliphatic rings. The fourth-order valence-corrected chi connectivity index (χ4v) is 5.21. The van der Waals surface area contributed by atoms with Crippen LogP contribution in [0.15, 0.2) is 54.6 Å².